The number of benzene rings is 1. The lowest BCUT2D eigenvalue weighted by atomic mass is 10.0. The van der Waals surface area contributed by atoms with Gasteiger partial charge in [-0.2, -0.15) is 0 Å². The van der Waals surface area contributed by atoms with Crippen molar-refractivity contribution in [1.82, 2.24) is 5.32 Å². The molecule has 6 N–H and O–H groups in total. The molecule has 1 rings (SSSR count). The maximum absolute atomic E-state index is 11.9. The van der Waals surface area contributed by atoms with Gasteiger partial charge in [0, 0.05) is 38.1 Å². The Bertz CT molecular complexity index is 447. The van der Waals surface area contributed by atoms with Crippen LogP contribution in [-0.2, 0) is 4.74 Å². The zero-order valence-electron chi connectivity index (χ0n) is 11.3. The molecule has 0 saturated carbocycles. The van der Waals surface area contributed by atoms with E-state index in [1.807, 2.05) is 0 Å². The standard InChI is InChI=1S/C13H21N3O3/c1-13(18,5-6-19-2)8-16-12(17)10-4-3-9(14)7-11(10)15/h3-4,7,18H,5-6,8,14-15H2,1-2H3,(H,16,17). The van der Waals surface area contributed by atoms with Gasteiger partial charge in [-0.1, -0.05) is 0 Å². The van der Waals surface area contributed by atoms with Gasteiger partial charge in [0.1, 0.15) is 0 Å². The van der Waals surface area contributed by atoms with Crippen LogP contribution < -0.4 is 16.8 Å². The largest absolute Gasteiger partial charge is 0.399 e. The van der Waals surface area contributed by atoms with Gasteiger partial charge in [-0.05, 0) is 25.1 Å². The van der Waals surface area contributed by atoms with Gasteiger partial charge < -0.3 is 26.6 Å². The molecular weight excluding hydrogens is 246 g/mol. The van der Waals surface area contributed by atoms with Crippen LogP contribution in [0.2, 0.25) is 0 Å². The topological polar surface area (TPSA) is 111 Å². The van der Waals surface area contributed by atoms with Crippen LogP contribution in [0.1, 0.15) is 23.7 Å². The third kappa shape index (κ3) is 4.76. The predicted molar refractivity (Wildman–Crippen MR) is 74.7 cm³/mol. The first-order valence-corrected chi connectivity index (χ1v) is 6.00. The van der Waals surface area contributed by atoms with Crippen LogP contribution in [0.15, 0.2) is 18.2 Å². The molecule has 0 aliphatic heterocycles. The average Bonchev–Trinajstić information content (AvgIpc) is 2.34. The third-order valence-corrected chi connectivity index (χ3v) is 2.79. The summed E-state index contributed by atoms with van der Waals surface area (Å²) < 4.78 is 4.89. The number of hydrogen-bond donors (Lipinski definition) is 4. The smallest absolute Gasteiger partial charge is 0.253 e. The number of carbonyl (C=O) groups excluding carboxylic acids is 1. The van der Waals surface area contributed by atoms with E-state index in [1.54, 1.807) is 26.2 Å². The van der Waals surface area contributed by atoms with Gasteiger partial charge in [0.05, 0.1) is 11.2 Å². The molecule has 1 aromatic rings. The SMILES string of the molecule is COCCC(C)(O)CNC(=O)c1ccc(N)cc1N. The Morgan fingerprint density at radius 3 is 2.74 bits per heavy atom. The van der Waals surface area contributed by atoms with E-state index in [1.165, 1.54) is 6.07 Å². The van der Waals surface area contributed by atoms with Crippen molar-refractivity contribution in [2.45, 2.75) is 18.9 Å². The molecule has 106 valence electrons. The highest BCUT2D eigenvalue weighted by Crippen LogP contribution is 2.16. The van der Waals surface area contributed by atoms with Gasteiger partial charge in [-0.15, -0.1) is 0 Å². The van der Waals surface area contributed by atoms with Gasteiger partial charge in [-0.25, -0.2) is 0 Å². The number of anilines is 2. The third-order valence-electron chi connectivity index (χ3n) is 2.79. The van der Waals surface area contributed by atoms with Crippen molar-refractivity contribution >= 4 is 17.3 Å². The second-order valence-electron chi connectivity index (χ2n) is 4.77. The molecule has 19 heavy (non-hydrogen) atoms. The number of methoxy groups -OCH3 is 1. The van der Waals surface area contributed by atoms with Gasteiger partial charge in [-0.3, -0.25) is 4.79 Å². The van der Waals surface area contributed by atoms with Crippen molar-refractivity contribution < 1.29 is 14.6 Å². The van der Waals surface area contributed by atoms with Crippen molar-refractivity contribution in [1.29, 1.82) is 0 Å². The molecule has 1 aromatic carbocycles. The van der Waals surface area contributed by atoms with Crippen LogP contribution >= 0.6 is 0 Å². The molecule has 0 aliphatic carbocycles. The van der Waals surface area contributed by atoms with E-state index in [4.69, 9.17) is 16.2 Å². The van der Waals surface area contributed by atoms with Crippen molar-refractivity contribution in [2.75, 3.05) is 31.7 Å². The maximum atomic E-state index is 11.9. The molecule has 0 fully saturated rings. The van der Waals surface area contributed by atoms with E-state index >= 15 is 0 Å². The Balaban J connectivity index is 2.60. The minimum absolute atomic E-state index is 0.124. The summed E-state index contributed by atoms with van der Waals surface area (Å²) in [5.74, 6) is -0.338. The van der Waals surface area contributed by atoms with Crippen LogP contribution in [-0.4, -0.2) is 36.9 Å². The van der Waals surface area contributed by atoms with Gasteiger partial charge in [0.25, 0.3) is 5.91 Å². The number of ether oxygens (including phenoxy) is 1. The molecule has 0 bridgehead atoms. The van der Waals surface area contributed by atoms with Crippen LogP contribution in [0.25, 0.3) is 0 Å². The molecule has 0 heterocycles. The molecule has 0 radical (unpaired) electrons. The summed E-state index contributed by atoms with van der Waals surface area (Å²) in [5.41, 5.74) is 11.4. The molecule has 6 heteroatoms. The fraction of sp³-hybridized carbons (Fsp3) is 0.462. The number of amides is 1. The molecule has 0 spiro atoms. The summed E-state index contributed by atoms with van der Waals surface area (Å²) in [6, 6.07) is 4.69. The quantitative estimate of drug-likeness (QED) is 0.556. The Morgan fingerprint density at radius 1 is 1.47 bits per heavy atom. The summed E-state index contributed by atoms with van der Waals surface area (Å²) in [5, 5.41) is 12.7. The number of nitrogen functional groups attached to an aromatic ring is 2. The normalized spacial score (nSPS) is 13.8. The van der Waals surface area contributed by atoms with E-state index in [0.717, 1.165) is 0 Å². The zero-order valence-corrected chi connectivity index (χ0v) is 11.3. The molecule has 1 atom stereocenters. The first kappa shape index (κ1) is 15.3. The molecular formula is C13H21N3O3. The van der Waals surface area contributed by atoms with E-state index in [-0.39, 0.29) is 12.5 Å². The Labute approximate surface area is 112 Å². The lowest BCUT2D eigenvalue weighted by Gasteiger charge is -2.23. The monoisotopic (exact) mass is 267 g/mol. The van der Waals surface area contributed by atoms with Gasteiger partial charge >= 0.3 is 0 Å². The number of nitrogens with one attached hydrogen (secondary N) is 1. The number of carbonyl (C=O) groups is 1. The maximum Gasteiger partial charge on any atom is 0.253 e. The Hall–Kier alpha value is -1.79. The highest BCUT2D eigenvalue weighted by atomic mass is 16.5. The highest BCUT2D eigenvalue weighted by molar-refractivity contribution is 5.99. The van der Waals surface area contributed by atoms with Crippen molar-refractivity contribution in [3.63, 3.8) is 0 Å². The Morgan fingerprint density at radius 2 is 2.16 bits per heavy atom. The van der Waals surface area contributed by atoms with Crippen molar-refractivity contribution in [3.8, 4) is 0 Å². The molecule has 6 nitrogen and oxygen atoms in total. The van der Waals surface area contributed by atoms with E-state index < -0.39 is 5.60 Å². The summed E-state index contributed by atoms with van der Waals surface area (Å²) in [6.07, 6.45) is 0.432. The molecule has 0 saturated heterocycles. The minimum atomic E-state index is -1.02. The molecule has 0 aromatic heterocycles. The average molecular weight is 267 g/mol. The lowest BCUT2D eigenvalue weighted by Crippen LogP contribution is -2.41. The predicted octanol–water partition coefficient (Wildman–Crippen LogP) is 0.368. The Kier molecular flexibility index (Phi) is 5.14. The fourth-order valence-electron chi connectivity index (χ4n) is 1.56. The van der Waals surface area contributed by atoms with E-state index in [9.17, 15) is 9.90 Å². The zero-order chi connectivity index (χ0) is 14.5. The van der Waals surface area contributed by atoms with E-state index in [2.05, 4.69) is 5.32 Å². The number of rotatable bonds is 6. The van der Waals surface area contributed by atoms with Crippen molar-refractivity contribution in [2.24, 2.45) is 0 Å². The van der Waals surface area contributed by atoms with Crippen molar-refractivity contribution in [3.05, 3.63) is 23.8 Å². The van der Waals surface area contributed by atoms with E-state index in [0.29, 0.717) is 30.0 Å². The first-order chi connectivity index (χ1) is 8.85. The lowest BCUT2D eigenvalue weighted by molar-refractivity contribution is 0.0244. The van der Waals surface area contributed by atoms with Crippen LogP contribution in [0.5, 0.6) is 0 Å². The fourth-order valence-corrected chi connectivity index (χ4v) is 1.56. The van der Waals surface area contributed by atoms with Gasteiger partial charge in [0.2, 0.25) is 0 Å². The van der Waals surface area contributed by atoms with Crippen LogP contribution in [0, 0.1) is 0 Å². The molecule has 1 unspecified atom stereocenters. The second kappa shape index (κ2) is 6.40. The number of nitrogens with two attached hydrogens (primary N) is 2. The number of aliphatic hydroxyl groups is 1. The highest BCUT2D eigenvalue weighted by Gasteiger charge is 2.21. The molecule has 1 amide bonds. The molecule has 0 aliphatic rings. The summed E-state index contributed by atoms with van der Waals surface area (Å²) in [6.45, 7) is 2.19. The summed E-state index contributed by atoms with van der Waals surface area (Å²) in [4.78, 5) is 11.9. The van der Waals surface area contributed by atoms with Gasteiger partial charge in [0.15, 0.2) is 0 Å². The van der Waals surface area contributed by atoms with Crippen LogP contribution in [0.4, 0.5) is 11.4 Å². The minimum Gasteiger partial charge on any atom is -0.399 e. The number of hydrogen-bond acceptors (Lipinski definition) is 5. The summed E-state index contributed by atoms with van der Waals surface area (Å²) >= 11 is 0. The second-order valence-corrected chi connectivity index (χ2v) is 4.77. The summed E-state index contributed by atoms with van der Waals surface area (Å²) in [7, 11) is 1.56. The first-order valence-electron chi connectivity index (χ1n) is 6.00. The van der Waals surface area contributed by atoms with Crippen LogP contribution in [0.3, 0.4) is 0 Å².